The number of benzene rings is 2. The van der Waals surface area contributed by atoms with E-state index in [-0.39, 0.29) is 47.5 Å². The Morgan fingerprint density at radius 1 is 1.23 bits per heavy atom. The van der Waals surface area contributed by atoms with Crippen molar-refractivity contribution in [3.63, 3.8) is 0 Å². The molecular weight excluding hydrogens is 558 g/mol. The predicted octanol–water partition coefficient (Wildman–Crippen LogP) is 4.39. The Labute approximate surface area is 228 Å². The maximum absolute atomic E-state index is 13.9. The molecule has 4 rings (SSSR count). The summed E-state index contributed by atoms with van der Waals surface area (Å²) in [6.07, 6.45) is 1.47. The second-order valence-corrected chi connectivity index (χ2v) is 11.4. The Hall–Kier alpha value is -3.03. The van der Waals surface area contributed by atoms with E-state index in [9.17, 15) is 27.1 Å². The summed E-state index contributed by atoms with van der Waals surface area (Å²) in [5, 5.41) is 19.3. The molecule has 1 aliphatic rings. The second kappa shape index (κ2) is 11.2. The molecule has 4 N–H and O–H groups in total. The van der Waals surface area contributed by atoms with E-state index in [4.69, 9.17) is 30.6 Å². The summed E-state index contributed by atoms with van der Waals surface area (Å²) in [7, 11) is -4.27. The zero-order chi connectivity index (χ0) is 28.5. The summed E-state index contributed by atoms with van der Waals surface area (Å²) in [6, 6.07) is 8.30. The van der Waals surface area contributed by atoms with E-state index >= 15 is 0 Å². The molecule has 1 saturated heterocycles. The van der Waals surface area contributed by atoms with Gasteiger partial charge in [0.25, 0.3) is 0 Å². The Balaban J connectivity index is 1.59. The molecule has 4 atom stereocenters. The summed E-state index contributed by atoms with van der Waals surface area (Å²) >= 11 is 6.13. The first-order valence-electron chi connectivity index (χ1n) is 11.9. The zero-order valence-electron chi connectivity index (χ0n) is 21.0. The minimum Gasteiger partial charge on any atom is -0.467 e. The van der Waals surface area contributed by atoms with Crippen LogP contribution in [0, 0.1) is 29.4 Å². The molecule has 3 aromatic rings. The van der Waals surface area contributed by atoms with Gasteiger partial charge in [0.1, 0.15) is 22.3 Å². The topological polar surface area (TPSA) is 141 Å². The average molecular weight is 585 g/mol. The van der Waals surface area contributed by atoms with Crippen LogP contribution in [-0.2, 0) is 31.8 Å². The van der Waals surface area contributed by atoms with Gasteiger partial charge in [0.2, 0.25) is 10.0 Å². The van der Waals surface area contributed by atoms with Gasteiger partial charge in [-0.15, -0.1) is 0 Å². The zero-order valence-corrected chi connectivity index (χ0v) is 22.6. The van der Waals surface area contributed by atoms with Gasteiger partial charge in [0.15, 0.2) is 5.79 Å². The maximum Gasteiger partial charge on any atom is 0.340 e. The lowest BCUT2D eigenvalue weighted by atomic mass is 9.75. The van der Waals surface area contributed by atoms with E-state index in [1.54, 1.807) is 19.1 Å². The standard InChI is InChI=1S/C26H27ClF2N2O7S/c1-14-12-38-26(33,16-6-17(28)8-18(29)7-16)15(2)21(14)13-37-25(32)20-9-24(39(30,34)35)22(27)10-23(20)31-11-19-4-3-5-36-19/h3-10,14-15,21,31,33H,11-13H2,1-2H3,(H2,30,34,35)/t14-,15-,21?,26-/m1/s1. The van der Waals surface area contributed by atoms with Crippen LogP contribution in [0.5, 0.6) is 0 Å². The number of hydrogen-bond donors (Lipinski definition) is 3. The number of ether oxygens (including phenoxy) is 2. The number of carbonyl (C=O) groups is 1. The van der Waals surface area contributed by atoms with Gasteiger partial charge in [-0.2, -0.15) is 0 Å². The molecule has 1 unspecified atom stereocenters. The molecule has 2 aromatic carbocycles. The molecule has 39 heavy (non-hydrogen) atoms. The molecule has 0 radical (unpaired) electrons. The molecule has 0 amide bonds. The molecule has 0 saturated carbocycles. The molecule has 1 fully saturated rings. The third kappa shape index (κ3) is 6.25. The minimum absolute atomic E-state index is 0.0215. The van der Waals surface area contributed by atoms with Crippen LogP contribution >= 0.6 is 11.6 Å². The van der Waals surface area contributed by atoms with Crippen LogP contribution in [0.1, 0.15) is 35.5 Å². The van der Waals surface area contributed by atoms with Crippen molar-refractivity contribution in [1.82, 2.24) is 0 Å². The molecular formula is C26H27ClF2N2O7S. The van der Waals surface area contributed by atoms with Crippen LogP contribution in [0.3, 0.4) is 0 Å². The van der Waals surface area contributed by atoms with Crippen LogP contribution in [0.25, 0.3) is 0 Å². The first kappa shape index (κ1) is 29.0. The number of nitrogens with two attached hydrogens (primary N) is 1. The maximum atomic E-state index is 13.9. The number of anilines is 1. The van der Waals surface area contributed by atoms with Gasteiger partial charge in [-0.1, -0.05) is 25.4 Å². The Bertz CT molecular complexity index is 1450. The summed E-state index contributed by atoms with van der Waals surface area (Å²) in [5.41, 5.74) is -0.0749. The normalized spacial score (nSPS) is 23.4. The lowest BCUT2D eigenvalue weighted by molar-refractivity contribution is -0.292. The van der Waals surface area contributed by atoms with E-state index in [1.165, 1.54) is 12.3 Å². The van der Waals surface area contributed by atoms with Gasteiger partial charge in [-0.05, 0) is 42.3 Å². The number of furan rings is 1. The van der Waals surface area contributed by atoms with E-state index in [0.29, 0.717) is 11.8 Å². The summed E-state index contributed by atoms with van der Waals surface area (Å²) in [6.45, 7) is 3.40. The van der Waals surface area contributed by atoms with Crippen molar-refractivity contribution in [2.75, 3.05) is 18.5 Å². The van der Waals surface area contributed by atoms with Gasteiger partial charge >= 0.3 is 5.97 Å². The highest BCUT2D eigenvalue weighted by Gasteiger charge is 2.48. The van der Waals surface area contributed by atoms with Crippen molar-refractivity contribution < 1.29 is 41.0 Å². The van der Waals surface area contributed by atoms with Crippen molar-refractivity contribution in [2.24, 2.45) is 22.9 Å². The fourth-order valence-corrected chi connectivity index (χ4v) is 5.74. The largest absolute Gasteiger partial charge is 0.467 e. The predicted molar refractivity (Wildman–Crippen MR) is 137 cm³/mol. The molecule has 0 bridgehead atoms. The number of aliphatic hydroxyl groups is 1. The number of nitrogens with one attached hydrogen (secondary N) is 1. The number of sulfonamides is 1. The minimum atomic E-state index is -4.27. The first-order chi connectivity index (χ1) is 18.3. The summed E-state index contributed by atoms with van der Waals surface area (Å²) < 4.78 is 68.3. The van der Waals surface area contributed by atoms with Gasteiger partial charge in [0, 0.05) is 23.5 Å². The molecule has 2 heterocycles. The lowest BCUT2D eigenvalue weighted by Gasteiger charge is -2.45. The van der Waals surface area contributed by atoms with Crippen molar-refractivity contribution in [1.29, 1.82) is 0 Å². The van der Waals surface area contributed by atoms with Gasteiger partial charge in [-0.25, -0.2) is 27.1 Å². The van der Waals surface area contributed by atoms with Gasteiger partial charge in [0.05, 0.1) is 42.3 Å². The van der Waals surface area contributed by atoms with Crippen LogP contribution in [0.15, 0.2) is 58.0 Å². The highest BCUT2D eigenvalue weighted by atomic mass is 35.5. The van der Waals surface area contributed by atoms with E-state index in [2.05, 4.69) is 5.32 Å². The number of hydrogen-bond acceptors (Lipinski definition) is 8. The molecule has 13 heteroatoms. The fourth-order valence-electron chi connectivity index (χ4n) is 4.64. The molecule has 1 aromatic heterocycles. The smallest absolute Gasteiger partial charge is 0.340 e. The highest BCUT2D eigenvalue weighted by molar-refractivity contribution is 7.89. The first-order valence-corrected chi connectivity index (χ1v) is 13.8. The monoisotopic (exact) mass is 584 g/mol. The molecule has 0 aliphatic carbocycles. The van der Waals surface area contributed by atoms with Crippen molar-refractivity contribution >= 4 is 33.3 Å². The summed E-state index contributed by atoms with van der Waals surface area (Å²) in [4.78, 5) is 12.8. The number of rotatable bonds is 8. The van der Waals surface area contributed by atoms with Crippen molar-refractivity contribution in [3.05, 3.63) is 82.3 Å². The molecule has 1 aliphatic heterocycles. The molecule has 210 valence electrons. The third-order valence-corrected chi connectivity index (χ3v) is 8.25. The Morgan fingerprint density at radius 2 is 1.92 bits per heavy atom. The van der Waals surface area contributed by atoms with Crippen molar-refractivity contribution in [3.8, 4) is 0 Å². The van der Waals surface area contributed by atoms with Crippen LogP contribution in [-0.4, -0.2) is 32.7 Å². The van der Waals surface area contributed by atoms with Crippen LogP contribution in [0.4, 0.5) is 14.5 Å². The number of esters is 1. The second-order valence-electron chi connectivity index (χ2n) is 9.50. The highest BCUT2D eigenvalue weighted by Crippen LogP contribution is 2.43. The summed E-state index contributed by atoms with van der Waals surface area (Å²) in [5.74, 6) is -5.60. The van der Waals surface area contributed by atoms with E-state index < -0.39 is 50.1 Å². The number of primary sulfonamides is 1. The fraction of sp³-hybridized carbons (Fsp3) is 0.346. The Morgan fingerprint density at radius 3 is 2.54 bits per heavy atom. The number of carbonyl (C=O) groups excluding carboxylic acids is 1. The van der Waals surface area contributed by atoms with Crippen molar-refractivity contribution in [2.45, 2.75) is 31.1 Å². The SMILES string of the molecule is C[C@@H]1CO[C@@](O)(c2cc(F)cc(F)c2)[C@H](C)C1COC(=O)c1cc(S(N)(=O)=O)c(Cl)cc1NCc1ccco1. The van der Waals surface area contributed by atoms with E-state index in [0.717, 1.165) is 18.2 Å². The van der Waals surface area contributed by atoms with Gasteiger partial charge in [-0.3, -0.25) is 0 Å². The number of halogens is 3. The quantitative estimate of drug-likeness (QED) is 0.331. The van der Waals surface area contributed by atoms with Crippen LogP contribution < -0.4 is 10.5 Å². The lowest BCUT2D eigenvalue weighted by Crippen LogP contribution is -2.50. The Kier molecular flexibility index (Phi) is 8.33. The average Bonchev–Trinajstić information content (AvgIpc) is 3.37. The molecule has 0 spiro atoms. The van der Waals surface area contributed by atoms with E-state index in [1.807, 2.05) is 6.92 Å². The van der Waals surface area contributed by atoms with Gasteiger partial charge < -0.3 is 24.3 Å². The van der Waals surface area contributed by atoms with Crippen LogP contribution in [0.2, 0.25) is 5.02 Å². The molecule has 9 nitrogen and oxygen atoms in total. The third-order valence-electron chi connectivity index (χ3n) is 6.87.